The van der Waals surface area contributed by atoms with E-state index in [1.54, 1.807) is 6.07 Å². The Balaban J connectivity index is 2.48. The lowest BCUT2D eigenvalue weighted by molar-refractivity contribution is 0.628. The first kappa shape index (κ1) is 7.99. The van der Waals surface area contributed by atoms with Gasteiger partial charge in [-0.25, -0.2) is 4.39 Å². The van der Waals surface area contributed by atoms with Crippen LogP contribution in [-0.2, 0) is 0 Å². The van der Waals surface area contributed by atoms with Crippen LogP contribution in [0.4, 0.5) is 4.39 Å². The minimum absolute atomic E-state index is 0.207. The highest BCUT2D eigenvalue weighted by atomic mass is 19.1. The lowest BCUT2D eigenvalue weighted by atomic mass is 10.1. The summed E-state index contributed by atoms with van der Waals surface area (Å²) in [6.45, 7) is 0. The Hall–Kier alpha value is -1.63. The van der Waals surface area contributed by atoms with Crippen molar-refractivity contribution >= 4 is 0 Å². The van der Waals surface area contributed by atoms with Gasteiger partial charge in [0.05, 0.1) is 0 Å². The molecule has 2 aromatic rings. The van der Waals surface area contributed by atoms with Crippen LogP contribution < -0.4 is 0 Å². The number of rotatable bonds is 1. The van der Waals surface area contributed by atoms with E-state index in [0.717, 1.165) is 11.1 Å². The highest BCUT2D eigenvalue weighted by Gasteiger charge is 1.96. The van der Waals surface area contributed by atoms with E-state index in [1.807, 2.05) is 30.3 Å². The molecule has 0 atom stereocenters. The third kappa shape index (κ3) is 1.75. The zero-order valence-electron chi connectivity index (χ0n) is 7.00. The Labute approximate surface area is 76.7 Å². The summed E-state index contributed by atoms with van der Waals surface area (Å²) >= 11 is 0. The largest absolute Gasteiger partial charge is 0.207 e. The van der Waals surface area contributed by atoms with E-state index < -0.39 is 0 Å². The van der Waals surface area contributed by atoms with Crippen LogP contribution in [0.5, 0.6) is 0 Å². The molecule has 0 N–H and O–H groups in total. The predicted molar refractivity (Wildman–Crippen MR) is 50.7 cm³/mol. The lowest BCUT2D eigenvalue weighted by Gasteiger charge is -1.99. The van der Waals surface area contributed by atoms with Crippen molar-refractivity contribution in [2.75, 3.05) is 0 Å². The van der Waals surface area contributed by atoms with E-state index >= 15 is 0 Å². The molecule has 0 heterocycles. The fraction of sp³-hybridized carbons (Fsp3) is 0. The zero-order valence-corrected chi connectivity index (χ0v) is 7.00. The van der Waals surface area contributed by atoms with Gasteiger partial charge in [0.25, 0.3) is 0 Å². The molecule has 0 bridgehead atoms. The molecule has 2 rings (SSSR count). The Morgan fingerprint density at radius 3 is 2.54 bits per heavy atom. The van der Waals surface area contributed by atoms with Gasteiger partial charge in [0.1, 0.15) is 5.82 Å². The van der Waals surface area contributed by atoms with E-state index in [-0.39, 0.29) is 5.82 Å². The Kier molecular flexibility index (Phi) is 2.09. The number of hydrogen-bond donors (Lipinski definition) is 0. The monoisotopic (exact) mass is 171 g/mol. The van der Waals surface area contributed by atoms with Crippen LogP contribution >= 0.6 is 0 Å². The molecule has 0 aromatic heterocycles. The topological polar surface area (TPSA) is 0 Å². The Morgan fingerprint density at radius 2 is 1.85 bits per heavy atom. The maximum atomic E-state index is 12.8. The molecule has 0 aliphatic heterocycles. The smallest absolute Gasteiger partial charge is 0.123 e. The first-order chi connectivity index (χ1) is 6.36. The maximum absolute atomic E-state index is 12.8. The second-order valence-electron chi connectivity index (χ2n) is 2.80. The first-order valence-electron chi connectivity index (χ1n) is 4.08. The summed E-state index contributed by atoms with van der Waals surface area (Å²) in [6, 6.07) is 17.0. The van der Waals surface area contributed by atoms with Crippen LogP contribution in [0.1, 0.15) is 0 Å². The molecule has 0 spiro atoms. The van der Waals surface area contributed by atoms with Crippen LogP contribution in [0.25, 0.3) is 11.1 Å². The van der Waals surface area contributed by atoms with Crippen molar-refractivity contribution in [2.24, 2.45) is 0 Å². The lowest BCUT2D eigenvalue weighted by Crippen LogP contribution is -1.78. The SMILES string of the molecule is Fc1cccc(-c2c[c]ccc2)c1. The van der Waals surface area contributed by atoms with Crippen molar-refractivity contribution in [2.45, 2.75) is 0 Å². The maximum Gasteiger partial charge on any atom is 0.123 e. The molecule has 13 heavy (non-hydrogen) atoms. The van der Waals surface area contributed by atoms with Gasteiger partial charge < -0.3 is 0 Å². The van der Waals surface area contributed by atoms with Gasteiger partial charge in [-0.2, -0.15) is 0 Å². The Bertz CT molecular complexity index is 393. The minimum Gasteiger partial charge on any atom is -0.207 e. The average Bonchev–Trinajstić information content (AvgIpc) is 2.19. The van der Waals surface area contributed by atoms with E-state index in [2.05, 4.69) is 6.07 Å². The minimum atomic E-state index is -0.207. The Morgan fingerprint density at radius 1 is 1.00 bits per heavy atom. The van der Waals surface area contributed by atoms with Crippen LogP contribution in [0.3, 0.4) is 0 Å². The summed E-state index contributed by atoms with van der Waals surface area (Å²) in [5.41, 5.74) is 1.87. The molecule has 0 aliphatic rings. The second-order valence-corrected chi connectivity index (χ2v) is 2.80. The third-order valence-electron chi connectivity index (χ3n) is 1.87. The summed E-state index contributed by atoms with van der Waals surface area (Å²) in [5, 5.41) is 0. The van der Waals surface area contributed by atoms with Crippen LogP contribution in [0.15, 0.2) is 48.5 Å². The second kappa shape index (κ2) is 3.40. The molecule has 63 valence electrons. The molecule has 0 aliphatic carbocycles. The molecule has 0 unspecified atom stereocenters. The molecule has 2 aromatic carbocycles. The molecule has 1 radical (unpaired) electrons. The van der Waals surface area contributed by atoms with Crippen LogP contribution in [-0.4, -0.2) is 0 Å². The van der Waals surface area contributed by atoms with Crippen molar-refractivity contribution in [1.29, 1.82) is 0 Å². The normalized spacial score (nSPS) is 9.92. The summed E-state index contributed by atoms with van der Waals surface area (Å²) in [4.78, 5) is 0. The van der Waals surface area contributed by atoms with Gasteiger partial charge >= 0.3 is 0 Å². The van der Waals surface area contributed by atoms with Gasteiger partial charge in [-0.05, 0) is 35.4 Å². The quantitative estimate of drug-likeness (QED) is 0.617. The molecule has 0 saturated carbocycles. The van der Waals surface area contributed by atoms with Gasteiger partial charge in [0, 0.05) is 0 Å². The van der Waals surface area contributed by atoms with Crippen molar-refractivity contribution < 1.29 is 4.39 Å². The molecular formula is C12H8F. The van der Waals surface area contributed by atoms with Crippen LogP contribution in [0, 0.1) is 11.9 Å². The summed E-state index contributed by atoms with van der Waals surface area (Å²) < 4.78 is 12.8. The van der Waals surface area contributed by atoms with Gasteiger partial charge in [0.2, 0.25) is 0 Å². The van der Waals surface area contributed by atoms with Gasteiger partial charge in [-0.1, -0.05) is 30.3 Å². The van der Waals surface area contributed by atoms with E-state index in [9.17, 15) is 4.39 Å². The molecular weight excluding hydrogens is 163 g/mol. The van der Waals surface area contributed by atoms with Crippen molar-refractivity contribution in [3.63, 3.8) is 0 Å². The molecule has 0 saturated heterocycles. The van der Waals surface area contributed by atoms with Crippen LogP contribution in [0.2, 0.25) is 0 Å². The van der Waals surface area contributed by atoms with Gasteiger partial charge in [-0.3, -0.25) is 0 Å². The highest BCUT2D eigenvalue weighted by molar-refractivity contribution is 5.62. The molecule has 1 heteroatoms. The van der Waals surface area contributed by atoms with Crippen molar-refractivity contribution in [3.05, 3.63) is 60.4 Å². The van der Waals surface area contributed by atoms with E-state index in [1.165, 1.54) is 12.1 Å². The average molecular weight is 171 g/mol. The number of hydrogen-bond acceptors (Lipinski definition) is 0. The summed E-state index contributed by atoms with van der Waals surface area (Å²) in [5.74, 6) is -0.207. The molecule has 0 amide bonds. The summed E-state index contributed by atoms with van der Waals surface area (Å²) in [7, 11) is 0. The highest BCUT2D eigenvalue weighted by Crippen LogP contribution is 2.18. The summed E-state index contributed by atoms with van der Waals surface area (Å²) in [6.07, 6.45) is 0. The van der Waals surface area contributed by atoms with Crippen molar-refractivity contribution in [3.8, 4) is 11.1 Å². The number of benzene rings is 2. The number of halogens is 1. The van der Waals surface area contributed by atoms with E-state index in [0.29, 0.717) is 0 Å². The molecule has 0 fully saturated rings. The first-order valence-corrected chi connectivity index (χ1v) is 4.08. The third-order valence-corrected chi connectivity index (χ3v) is 1.87. The fourth-order valence-electron chi connectivity index (χ4n) is 1.24. The standard InChI is InChI=1S/C12H8F/c13-12-8-4-7-11(9-12)10-5-2-1-3-6-10/h1-2,4-9H. The zero-order chi connectivity index (χ0) is 9.10. The fourth-order valence-corrected chi connectivity index (χ4v) is 1.24. The van der Waals surface area contributed by atoms with E-state index in [4.69, 9.17) is 0 Å². The van der Waals surface area contributed by atoms with Gasteiger partial charge in [-0.15, -0.1) is 0 Å². The van der Waals surface area contributed by atoms with Crippen molar-refractivity contribution in [1.82, 2.24) is 0 Å². The predicted octanol–water partition coefficient (Wildman–Crippen LogP) is 3.29. The molecule has 0 nitrogen and oxygen atoms in total. The van der Waals surface area contributed by atoms with Gasteiger partial charge in [0.15, 0.2) is 0 Å².